The molecule has 0 fully saturated rings. The molecule has 0 radical (unpaired) electrons. The van der Waals surface area contributed by atoms with Crippen LogP contribution in [0.15, 0.2) is 23.8 Å². The van der Waals surface area contributed by atoms with Crippen LogP contribution in [0.1, 0.15) is 17.5 Å². The van der Waals surface area contributed by atoms with Crippen molar-refractivity contribution in [3.05, 3.63) is 39.9 Å². The Hall–Kier alpha value is -1.32. The molecule has 0 bridgehead atoms. The molecule has 1 aromatic carbocycles. The molecular formula is C13H12ClNO2. The van der Waals surface area contributed by atoms with Crippen molar-refractivity contribution in [2.75, 3.05) is 6.54 Å². The van der Waals surface area contributed by atoms with Gasteiger partial charge in [0.2, 0.25) is 0 Å². The first-order valence-corrected chi connectivity index (χ1v) is 5.99. The molecule has 1 unspecified atom stereocenters. The zero-order valence-electron chi connectivity index (χ0n) is 9.16. The van der Waals surface area contributed by atoms with Gasteiger partial charge >= 0.3 is 5.97 Å². The highest BCUT2D eigenvalue weighted by Crippen LogP contribution is 2.38. The van der Waals surface area contributed by atoms with Crippen molar-refractivity contribution < 1.29 is 9.90 Å². The van der Waals surface area contributed by atoms with Gasteiger partial charge in [-0.3, -0.25) is 4.79 Å². The maximum atomic E-state index is 11.0. The Labute approximate surface area is 104 Å². The minimum absolute atomic E-state index is 0.473. The van der Waals surface area contributed by atoms with Gasteiger partial charge in [0.1, 0.15) is 6.04 Å². The van der Waals surface area contributed by atoms with Gasteiger partial charge in [-0.15, -0.1) is 0 Å². The van der Waals surface area contributed by atoms with Crippen molar-refractivity contribution in [1.29, 1.82) is 0 Å². The summed E-state index contributed by atoms with van der Waals surface area (Å²) in [4.78, 5) is 11.0. The van der Waals surface area contributed by atoms with Gasteiger partial charge in [0.05, 0.1) is 0 Å². The molecule has 1 atom stereocenters. The summed E-state index contributed by atoms with van der Waals surface area (Å²) >= 11 is 6.00. The molecule has 0 aromatic heterocycles. The highest BCUT2D eigenvalue weighted by molar-refractivity contribution is 6.30. The van der Waals surface area contributed by atoms with Gasteiger partial charge in [-0.1, -0.05) is 17.7 Å². The molecule has 3 nitrogen and oxygen atoms in total. The maximum absolute atomic E-state index is 11.0. The van der Waals surface area contributed by atoms with Crippen molar-refractivity contribution in [3.8, 4) is 0 Å². The van der Waals surface area contributed by atoms with E-state index in [0.29, 0.717) is 18.0 Å². The monoisotopic (exact) mass is 249 g/mol. The van der Waals surface area contributed by atoms with E-state index in [-0.39, 0.29) is 0 Å². The normalized spacial score (nSPS) is 22.3. The van der Waals surface area contributed by atoms with Gasteiger partial charge in [0, 0.05) is 11.6 Å². The van der Waals surface area contributed by atoms with E-state index >= 15 is 0 Å². The van der Waals surface area contributed by atoms with E-state index in [1.165, 1.54) is 16.7 Å². The lowest BCUT2D eigenvalue weighted by atomic mass is 9.95. The molecule has 0 spiro atoms. The summed E-state index contributed by atoms with van der Waals surface area (Å²) in [5.41, 5.74) is 4.88. The summed E-state index contributed by atoms with van der Waals surface area (Å²) in [6.07, 6.45) is 1.47. The van der Waals surface area contributed by atoms with Gasteiger partial charge < -0.3 is 10.4 Å². The molecule has 0 saturated carbocycles. The first kappa shape index (κ1) is 10.8. The second-order valence-corrected chi connectivity index (χ2v) is 4.97. The fourth-order valence-electron chi connectivity index (χ4n) is 2.63. The zero-order chi connectivity index (χ0) is 12.0. The minimum atomic E-state index is -0.785. The smallest absolute Gasteiger partial charge is 0.321 e. The van der Waals surface area contributed by atoms with Crippen LogP contribution in [0.4, 0.5) is 0 Å². The molecule has 1 aromatic rings. The van der Waals surface area contributed by atoms with Crippen LogP contribution in [-0.2, 0) is 11.2 Å². The average molecular weight is 250 g/mol. The molecule has 0 amide bonds. The summed E-state index contributed by atoms with van der Waals surface area (Å²) in [5.74, 6) is -0.785. The number of carboxylic acids is 1. The van der Waals surface area contributed by atoms with Crippen molar-refractivity contribution in [3.63, 3.8) is 0 Å². The molecule has 88 valence electrons. The quantitative estimate of drug-likeness (QED) is 0.801. The van der Waals surface area contributed by atoms with Gasteiger partial charge in [-0.05, 0) is 47.2 Å². The van der Waals surface area contributed by atoms with E-state index in [4.69, 9.17) is 16.7 Å². The van der Waals surface area contributed by atoms with Gasteiger partial charge in [0.15, 0.2) is 0 Å². The Kier molecular flexibility index (Phi) is 2.45. The summed E-state index contributed by atoms with van der Waals surface area (Å²) < 4.78 is 0. The van der Waals surface area contributed by atoms with Crippen molar-refractivity contribution in [2.45, 2.75) is 18.9 Å². The van der Waals surface area contributed by atoms with Crippen LogP contribution < -0.4 is 5.32 Å². The third-order valence-corrected chi connectivity index (χ3v) is 3.73. The van der Waals surface area contributed by atoms with Crippen molar-refractivity contribution in [1.82, 2.24) is 5.32 Å². The number of nitrogens with one attached hydrogen (secondary N) is 1. The standard InChI is InChI=1S/C13H12ClNO2/c14-9-2-1-7-3-8-6-15-12(13(16)17)5-11(8)10(7)4-9/h1-2,4,12,15H,3,5-6H2,(H,16,17). The summed E-state index contributed by atoms with van der Waals surface area (Å²) in [6, 6.07) is 5.40. The van der Waals surface area contributed by atoms with E-state index < -0.39 is 12.0 Å². The summed E-state index contributed by atoms with van der Waals surface area (Å²) in [7, 11) is 0. The highest BCUT2D eigenvalue weighted by atomic mass is 35.5. The molecule has 17 heavy (non-hydrogen) atoms. The van der Waals surface area contributed by atoms with Gasteiger partial charge in [-0.25, -0.2) is 0 Å². The zero-order valence-corrected chi connectivity index (χ0v) is 9.92. The Morgan fingerprint density at radius 1 is 1.47 bits per heavy atom. The first-order chi connectivity index (χ1) is 8.15. The number of fused-ring (bicyclic) bond motifs is 2. The SMILES string of the molecule is O=C(O)C1CC2=C(CN1)Cc1ccc(Cl)cc12. The molecule has 2 N–H and O–H groups in total. The number of carboxylic acid groups (broad SMARTS) is 1. The molecule has 1 aliphatic heterocycles. The topological polar surface area (TPSA) is 49.3 Å². The summed E-state index contributed by atoms with van der Waals surface area (Å²) in [5, 5.41) is 12.8. The van der Waals surface area contributed by atoms with E-state index in [2.05, 4.69) is 5.32 Å². The predicted molar refractivity (Wildman–Crippen MR) is 66.1 cm³/mol. The summed E-state index contributed by atoms with van der Waals surface area (Å²) in [6.45, 7) is 0.665. The Morgan fingerprint density at radius 2 is 2.29 bits per heavy atom. The van der Waals surface area contributed by atoms with Crippen LogP contribution >= 0.6 is 11.6 Å². The number of aliphatic carboxylic acids is 1. The number of halogens is 1. The third-order valence-electron chi connectivity index (χ3n) is 3.50. The largest absolute Gasteiger partial charge is 0.480 e. The van der Waals surface area contributed by atoms with Crippen LogP contribution in [-0.4, -0.2) is 23.7 Å². The lowest BCUT2D eigenvalue weighted by Gasteiger charge is -2.22. The van der Waals surface area contributed by atoms with Crippen LogP contribution in [0.2, 0.25) is 5.02 Å². The van der Waals surface area contributed by atoms with E-state index in [1.807, 2.05) is 18.2 Å². The van der Waals surface area contributed by atoms with Crippen molar-refractivity contribution in [2.24, 2.45) is 0 Å². The van der Waals surface area contributed by atoms with Gasteiger partial charge in [-0.2, -0.15) is 0 Å². The lowest BCUT2D eigenvalue weighted by Crippen LogP contribution is -2.40. The number of rotatable bonds is 1. The molecule has 0 saturated heterocycles. The molecule has 3 rings (SSSR count). The van der Waals surface area contributed by atoms with Crippen LogP contribution in [0.25, 0.3) is 5.57 Å². The number of hydrogen-bond acceptors (Lipinski definition) is 2. The number of hydrogen-bond donors (Lipinski definition) is 2. The Balaban J connectivity index is 1.99. The molecule has 2 aliphatic rings. The molecule has 4 heteroatoms. The van der Waals surface area contributed by atoms with E-state index in [1.54, 1.807) is 0 Å². The average Bonchev–Trinajstić information content (AvgIpc) is 2.66. The fraction of sp³-hybridized carbons (Fsp3) is 0.308. The maximum Gasteiger partial charge on any atom is 0.321 e. The van der Waals surface area contributed by atoms with Gasteiger partial charge in [0.25, 0.3) is 0 Å². The van der Waals surface area contributed by atoms with E-state index in [9.17, 15) is 4.79 Å². The lowest BCUT2D eigenvalue weighted by molar-refractivity contribution is -0.139. The third kappa shape index (κ3) is 1.75. The molecule has 1 aliphatic carbocycles. The predicted octanol–water partition coefficient (Wildman–Crippen LogP) is 2.10. The van der Waals surface area contributed by atoms with Crippen LogP contribution in [0.3, 0.4) is 0 Å². The van der Waals surface area contributed by atoms with Crippen LogP contribution in [0, 0.1) is 0 Å². The fourth-order valence-corrected chi connectivity index (χ4v) is 2.80. The van der Waals surface area contributed by atoms with Crippen LogP contribution in [0.5, 0.6) is 0 Å². The Bertz CT molecular complexity index is 536. The highest BCUT2D eigenvalue weighted by Gasteiger charge is 2.30. The first-order valence-electron chi connectivity index (χ1n) is 5.61. The Morgan fingerprint density at radius 3 is 3.06 bits per heavy atom. The van der Waals surface area contributed by atoms with E-state index in [0.717, 1.165) is 12.0 Å². The second kappa shape index (κ2) is 3.86. The minimum Gasteiger partial charge on any atom is -0.480 e. The number of carbonyl (C=O) groups is 1. The number of benzene rings is 1. The second-order valence-electron chi connectivity index (χ2n) is 4.54. The molecule has 1 heterocycles. The van der Waals surface area contributed by atoms with Crippen molar-refractivity contribution >= 4 is 23.1 Å². The molecular weight excluding hydrogens is 238 g/mol.